The van der Waals surface area contributed by atoms with E-state index in [1.165, 1.54) is 6.92 Å². The van der Waals surface area contributed by atoms with Crippen LogP contribution >= 0.6 is 0 Å². The van der Waals surface area contributed by atoms with E-state index in [0.29, 0.717) is 30.4 Å². The molecule has 0 bridgehead atoms. The largest absolute Gasteiger partial charge is 0.324 e. The van der Waals surface area contributed by atoms with Gasteiger partial charge in [0.05, 0.1) is 12.2 Å². The molecule has 126 valence electrons. The number of benzene rings is 1. The molecule has 0 spiro atoms. The van der Waals surface area contributed by atoms with Gasteiger partial charge >= 0.3 is 6.03 Å². The Morgan fingerprint density at radius 3 is 2.62 bits per heavy atom. The van der Waals surface area contributed by atoms with E-state index in [0.717, 1.165) is 18.4 Å². The number of Topliss-reactive ketones (excluding diaryl/α,β-unsaturated/α-hetero) is 1. The Hall–Kier alpha value is -2.63. The molecule has 6 nitrogen and oxygen atoms in total. The Morgan fingerprint density at radius 1 is 1.25 bits per heavy atom. The molecule has 1 fully saturated rings. The van der Waals surface area contributed by atoms with Gasteiger partial charge in [0, 0.05) is 30.5 Å². The topological polar surface area (TPSA) is 67.2 Å². The Morgan fingerprint density at radius 2 is 2.00 bits per heavy atom. The van der Waals surface area contributed by atoms with Crippen molar-refractivity contribution < 1.29 is 9.59 Å². The van der Waals surface area contributed by atoms with Gasteiger partial charge in [0.2, 0.25) is 0 Å². The highest BCUT2D eigenvalue weighted by atomic mass is 16.2. The Labute approximate surface area is 141 Å². The van der Waals surface area contributed by atoms with Crippen molar-refractivity contribution >= 4 is 17.5 Å². The first-order valence-corrected chi connectivity index (χ1v) is 8.20. The molecular formula is C18H22N4O2. The molecule has 24 heavy (non-hydrogen) atoms. The maximum absolute atomic E-state index is 12.4. The molecule has 1 N–H and O–H groups in total. The molecule has 2 aromatic rings. The van der Waals surface area contributed by atoms with E-state index in [1.54, 1.807) is 24.3 Å². The van der Waals surface area contributed by atoms with Crippen LogP contribution in [-0.4, -0.2) is 39.6 Å². The maximum atomic E-state index is 12.4. The second-order valence-corrected chi connectivity index (χ2v) is 6.28. The van der Waals surface area contributed by atoms with E-state index in [1.807, 2.05) is 28.9 Å². The SMILES string of the molecule is CC(=O)c1cccc(NC(=O)N2CCC(n3cc(C)cn3)CC2)c1. The summed E-state index contributed by atoms with van der Waals surface area (Å²) in [5.41, 5.74) is 2.40. The Balaban J connectivity index is 1.57. The minimum absolute atomic E-state index is 0.0126. The number of urea groups is 1. The second kappa shape index (κ2) is 6.86. The lowest BCUT2D eigenvalue weighted by molar-refractivity contribution is 0.101. The number of rotatable bonds is 3. The van der Waals surface area contributed by atoms with Gasteiger partial charge < -0.3 is 10.2 Å². The zero-order valence-electron chi connectivity index (χ0n) is 14.0. The third kappa shape index (κ3) is 3.64. The van der Waals surface area contributed by atoms with Crippen molar-refractivity contribution in [1.82, 2.24) is 14.7 Å². The summed E-state index contributed by atoms with van der Waals surface area (Å²) in [6.07, 6.45) is 5.69. The van der Waals surface area contributed by atoms with Crippen LogP contribution in [0.1, 0.15) is 41.7 Å². The minimum atomic E-state index is -0.120. The van der Waals surface area contributed by atoms with Crippen molar-refractivity contribution in [1.29, 1.82) is 0 Å². The first-order valence-electron chi connectivity index (χ1n) is 8.20. The highest BCUT2D eigenvalue weighted by molar-refractivity contribution is 5.96. The molecule has 2 amide bonds. The molecule has 1 aromatic heterocycles. The molecule has 0 saturated carbocycles. The number of hydrogen-bond donors (Lipinski definition) is 1. The molecule has 1 aliphatic heterocycles. The van der Waals surface area contributed by atoms with E-state index in [-0.39, 0.29) is 11.8 Å². The molecule has 1 aromatic carbocycles. The molecular weight excluding hydrogens is 304 g/mol. The second-order valence-electron chi connectivity index (χ2n) is 6.28. The van der Waals surface area contributed by atoms with Gasteiger partial charge in [-0.2, -0.15) is 5.10 Å². The van der Waals surface area contributed by atoms with E-state index >= 15 is 0 Å². The van der Waals surface area contributed by atoms with Crippen LogP contribution in [0.15, 0.2) is 36.7 Å². The van der Waals surface area contributed by atoms with Crippen molar-refractivity contribution in [2.24, 2.45) is 0 Å². The van der Waals surface area contributed by atoms with Crippen molar-refractivity contribution in [2.45, 2.75) is 32.7 Å². The van der Waals surface area contributed by atoms with Gasteiger partial charge in [0.15, 0.2) is 5.78 Å². The summed E-state index contributed by atoms with van der Waals surface area (Å²) >= 11 is 0. The monoisotopic (exact) mass is 326 g/mol. The number of carbonyl (C=O) groups is 2. The number of carbonyl (C=O) groups excluding carboxylic acids is 2. The molecule has 0 aliphatic carbocycles. The molecule has 0 radical (unpaired) electrons. The zero-order valence-corrected chi connectivity index (χ0v) is 14.0. The van der Waals surface area contributed by atoms with E-state index in [4.69, 9.17) is 0 Å². The molecule has 1 aliphatic rings. The highest BCUT2D eigenvalue weighted by Gasteiger charge is 2.24. The smallest absolute Gasteiger partial charge is 0.321 e. The number of likely N-dealkylation sites (tertiary alicyclic amines) is 1. The molecule has 0 atom stereocenters. The van der Waals surface area contributed by atoms with Crippen molar-refractivity contribution in [3.63, 3.8) is 0 Å². The Kier molecular flexibility index (Phi) is 4.64. The normalized spacial score (nSPS) is 15.3. The van der Waals surface area contributed by atoms with Crippen LogP contribution < -0.4 is 5.32 Å². The molecule has 1 saturated heterocycles. The van der Waals surface area contributed by atoms with Gasteiger partial charge in [0.25, 0.3) is 0 Å². The van der Waals surface area contributed by atoms with Gasteiger partial charge in [-0.15, -0.1) is 0 Å². The van der Waals surface area contributed by atoms with Crippen LogP contribution in [-0.2, 0) is 0 Å². The lowest BCUT2D eigenvalue weighted by Gasteiger charge is -2.32. The number of anilines is 1. The maximum Gasteiger partial charge on any atom is 0.321 e. The summed E-state index contributed by atoms with van der Waals surface area (Å²) in [6.45, 7) is 4.94. The lowest BCUT2D eigenvalue weighted by Crippen LogP contribution is -2.41. The van der Waals surface area contributed by atoms with Crippen molar-refractivity contribution in [3.8, 4) is 0 Å². The summed E-state index contributed by atoms with van der Waals surface area (Å²) in [6, 6.07) is 7.26. The van der Waals surface area contributed by atoms with E-state index in [9.17, 15) is 9.59 Å². The average molecular weight is 326 g/mol. The third-order valence-corrected chi connectivity index (χ3v) is 4.38. The van der Waals surface area contributed by atoms with Crippen LogP contribution in [0.4, 0.5) is 10.5 Å². The number of piperidine rings is 1. The van der Waals surface area contributed by atoms with Gasteiger partial charge in [-0.1, -0.05) is 12.1 Å². The predicted molar refractivity (Wildman–Crippen MR) is 92.3 cm³/mol. The Bertz CT molecular complexity index is 745. The molecule has 3 rings (SSSR count). The first kappa shape index (κ1) is 16.2. The standard InChI is InChI=1S/C18H22N4O2/c1-13-11-19-22(12-13)17-6-8-21(9-7-17)18(24)20-16-5-3-4-15(10-16)14(2)23/h3-5,10-12,17H,6-9H2,1-2H3,(H,20,24). The van der Waals surface area contributed by atoms with Crippen LogP contribution in [0.5, 0.6) is 0 Å². The minimum Gasteiger partial charge on any atom is -0.324 e. The summed E-state index contributed by atoms with van der Waals surface area (Å²) in [5.74, 6) is -0.0126. The van der Waals surface area contributed by atoms with Crippen molar-refractivity contribution in [3.05, 3.63) is 47.8 Å². The fraction of sp³-hybridized carbons (Fsp3) is 0.389. The lowest BCUT2D eigenvalue weighted by atomic mass is 10.1. The van der Waals surface area contributed by atoms with E-state index in [2.05, 4.69) is 10.4 Å². The molecule has 0 unspecified atom stereocenters. The van der Waals surface area contributed by atoms with Crippen LogP contribution in [0.25, 0.3) is 0 Å². The number of aromatic nitrogens is 2. The fourth-order valence-electron chi connectivity index (χ4n) is 2.98. The number of amides is 2. The number of ketones is 1. The number of nitrogens with zero attached hydrogens (tertiary/aromatic N) is 3. The van der Waals surface area contributed by atoms with Gasteiger partial charge in [-0.05, 0) is 44.4 Å². The van der Waals surface area contributed by atoms with Gasteiger partial charge in [0.1, 0.15) is 0 Å². The number of nitrogens with one attached hydrogen (secondary N) is 1. The van der Waals surface area contributed by atoms with Crippen LogP contribution in [0.3, 0.4) is 0 Å². The summed E-state index contributed by atoms with van der Waals surface area (Å²) in [4.78, 5) is 25.6. The quantitative estimate of drug-likeness (QED) is 0.880. The van der Waals surface area contributed by atoms with Crippen molar-refractivity contribution in [2.75, 3.05) is 18.4 Å². The summed E-state index contributed by atoms with van der Waals surface area (Å²) in [5, 5.41) is 7.25. The van der Waals surface area contributed by atoms with E-state index < -0.39 is 0 Å². The molecule has 6 heteroatoms. The predicted octanol–water partition coefficient (Wildman–Crippen LogP) is 3.26. The highest BCUT2D eigenvalue weighted by Crippen LogP contribution is 2.23. The average Bonchev–Trinajstić information content (AvgIpc) is 3.01. The summed E-state index contributed by atoms with van der Waals surface area (Å²) in [7, 11) is 0. The van der Waals surface area contributed by atoms with Crippen LogP contribution in [0, 0.1) is 6.92 Å². The van der Waals surface area contributed by atoms with Crippen LogP contribution in [0.2, 0.25) is 0 Å². The summed E-state index contributed by atoms with van der Waals surface area (Å²) < 4.78 is 2.00. The number of hydrogen-bond acceptors (Lipinski definition) is 3. The number of aryl methyl sites for hydroxylation is 1. The van der Waals surface area contributed by atoms with Gasteiger partial charge in [-0.25, -0.2) is 4.79 Å². The molecule has 2 heterocycles. The third-order valence-electron chi connectivity index (χ3n) is 4.38. The van der Waals surface area contributed by atoms with Gasteiger partial charge in [-0.3, -0.25) is 9.48 Å². The fourth-order valence-corrected chi connectivity index (χ4v) is 2.98. The zero-order chi connectivity index (χ0) is 17.1. The first-order chi connectivity index (χ1) is 11.5.